The first-order chi connectivity index (χ1) is 11.3. The van der Waals surface area contributed by atoms with Crippen LogP contribution in [0.4, 0.5) is 5.00 Å². The van der Waals surface area contributed by atoms with Gasteiger partial charge in [-0.2, -0.15) is 5.26 Å². The van der Waals surface area contributed by atoms with Crippen molar-refractivity contribution in [3.05, 3.63) is 50.3 Å². The van der Waals surface area contributed by atoms with E-state index < -0.39 is 5.97 Å². The third-order valence-corrected chi connectivity index (χ3v) is 4.84. The number of benzene rings is 1. The van der Waals surface area contributed by atoms with E-state index in [9.17, 15) is 14.9 Å². The van der Waals surface area contributed by atoms with Gasteiger partial charge in [0.05, 0.1) is 11.7 Å². The molecule has 0 unspecified atom stereocenters. The zero-order valence-corrected chi connectivity index (χ0v) is 15.7. The van der Waals surface area contributed by atoms with Crippen LogP contribution in [0.3, 0.4) is 0 Å². The highest BCUT2D eigenvalue weighted by molar-refractivity contribution is 9.10. The van der Waals surface area contributed by atoms with Crippen molar-refractivity contribution in [2.45, 2.75) is 26.9 Å². The molecular weight excluding hydrogens is 392 g/mol. The van der Waals surface area contributed by atoms with E-state index in [2.05, 4.69) is 21.2 Å². The normalized spacial score (nSPS) is 10.3. The van der Waals surface area contributed by atoms with Crippen molar-refractivity contribution in [2.24, 2.45) is 0 Å². The van der Waals surface area contributed by atoms with Crippen molar-refractivity contribution in [3.63, 3.8) is 0 Å². The maximum Gasteiger partial charge on any atom is 0.348 e. The fourth-order valence-electron chi connectivity index (χ4n) is 1.98. The van der Waals surface area contributed by atoms with Crippen LogP contribution in [0.25, 0.3) is 0 Å². The number of ether oxygens (including phenoxy) is 1. The molecule has 1 aromatic carbocycles. The second-order valence-corrected chi connectivity index (χ2v) is 7.22. The van der Waals surface area contributed by atoms with E-state index in [1.807, 2.05) is 6.07 Å². The van der Waals surface area contributed by atoms with Crippen LogP contribution in [0.15, 0.2) is 28.7 Å². The second-order valence-electron chi connectivity index (χ2n) is 5.29. The van der Waals surface area contributed by atoms with Crippen molar-refractivity contribution in [2.75, 3.05) is 5.32 Å². The van der Waals surface area contributed by atoms with E-state index in [0.717, 1.165) is 15.8 Å². The van der Waals surface area contributed by atoms with Gasteiger partial charge in [-0.05, 0) is 50.6 Å². The number of hydrogen-bond donors (Lipinski definition) is 1. The number of halogens is 1. The van der Waals surface area contributed by atoms with Gasteiger partial charge in [0.2, 0.25) is 0 Å². The fourth-order valence-corrected chi connectivity index (χ4v) is 3.27. The summed E-state index contributed by atoms with van der Waals surface area (Å²) >= 11 is 4.36. The third-order valence-electron chi connectivity index (χ3n) is 3.12. The van der Waals surface area contributed by atoms with Crippen molar-refractivity contribution in [1.82, 2.24) is 0 Å². The lowest BCUT2D eigenvalue weighted by Crippen LogP contribution is -2.11. The SMILES string of the molecule is Cc1c(C(=O)OC(C)C)sc(NC(=O)c2ccc(Br)cc2)c1C#N. The zero-order chi connectivity index (χ0) is 17.9. The highest BCUT2D eigenvalue weighted by atomic mass is 79.9. The monoisotopic (exact) mass is 406 g/mol. The summed E-state index contributed by atoms with van der Waals surface area (Å²) < 4.78 is 6.04. The van der Waals surface area contributed by atoms with Crippen molar-refractivity contribution < 1.29 is 14.3 Å². The Morgan fingerprint density at radius 1 is 1.29 bits per heavy atom. The molecule has 0 aliphatic rings. The summed E-state index contributed by atoms with van der Waals surface area (Å²) in [5.74, 6) is -0.836. The number of hydrogen-bond acceptors (Lipinski definition) is 5. The molecule has 5 nitrogen and oxygen atoms in total. The summed E-state index contributed by atoms with van der Waals surface area (Å²) in [6.07, 6.45) is -0.259. The molecule has 2 rings (SSSR count). The predicted molar refractivity (Wildman–Crippen MR) is 96.4 cm³/mol. The van der Waals surface area contributed by atoms with Crippen molar-refractivity contribution in [1.29, 1.82) is 5.26 Å². The molecule has 0 bridgehead atoms. The molecule has 0 fully saturated rings. The lowest BCUT2D eigenvalue weighted by atomic mass is 10.1. The van der Waals surface area contributed by atoms with Gasteiger partial charge in [0.15, 0.2) is 0 Å². The highest BCUT2D eigenvalue weighted by Crippen LogP contribution is 2.33. The number of nitriles is 1. The van der Waals surface area contributed by atoms with Crippen LogP contribution in [0.5, 0.6) is 0 Å². The minimum atomic E-state index is -0.492. The summed E-state index contributed by atoms with van der Waals surface area (Å²) in [4.78, 5) is 24.8. The molecule has 0 saturated heterocycles. The number of nitrogens with zero attached hydrogens (tertiary/aromatic N) is 1. The maximum atomic E-state index is 12.3. The summed E-state index contributed by atoms with van der Waals surface area (Å²) in [6, 6.07) is 8.88. The summed E-state index contributed by atoms with van der Waals surface area (Å²) in [7, 11) is 0. The van der Waals surface area contributed by atoms with E-state index in [0.29, 0.717) is 21.0 Å². The lowest BCUT2D eigenvalue weighted by molar-refractivity contribution is 0.0383. The van der Waals surface area contributed by atoms with Crippen LogP contribution in [0.1, 0.15) is 45.0 Å². The number of carbonyl (C=O) groups excluding carboxylic acids is 2. The number of carbonyl (C=O) groups is 2. The number of rotatable bonds is 4. The zero-order valence-electron chi connectivity index (χ0n) is 13.3. The van der Waals surface area contributed by atoms with Crippen LogP contribution in [-0.4, -0.2) is 18.0 Å². The number of esters is 1. The van der Waals surface area contributed by atoms with E-state index in [1.54, 1.807) is 45.0 Å². The van der Waals surface area contributed by atoms with Gasteiger partial charge in [-0.1, -0.05) is 15.9 Å². The molecule has 0 saturated carbocycles. The first-order valence-corrected chi connectivity index (χ1v) is 8.75. The van der Waals surface area contributed by atoms with E-state index >= 15 is 0 Å². The van der Waals surface area contributed by atoms with Crippen molar-refractivity contribution >= 4 is 44.1 Å². The Balaban J connectivity index is 2.30. The lowest BCUT2D eigenvalue weighted by Gasteiger charge is -2.06. The number of thiophene rings is 1. The molecule has 1 N–H and O–H groups in total. The molecule has 1 aromatic heterocycles. The summed E-state index contributed by atoms with van der Waals surface area (Å²) in [5, 5.41) is 12.4. The minimum absolute atomic E-state index is 0.259. The van der Waals surface area contributed by atoms with Crippen LogP contribution >= 0.6 is 27.3 Å². The number of nitrogens with one attached hydrogen (secondary N) is 1. The first kappa shape index (κ1) is 18.2. The predicted octanol–water partition coefficient (Wildman–Crippen LogP) is 4.51. The summed E-state index contributed by atoms with van der Waals surface area (Å²) in [6.45, 7) is 5.17. The Morgan fingerprint density at radius 3 is 2.46 bits per heavy atom. The molecule has 24 heavy (non-hydrogen) atoms. The van der Waals surface area contributed by atoms with Crippen LogP contribution in [0.2, 0.25) is 0 Å². The van der Waals surface area contributed by atoms with E-state index in [1.165, 1.54) is 0 Å². The Hall–Kier alpha value is -2.17. The summed E-state index contributed by atoms with van der Waals surface area (Å²) in [5.41, 5.74) is 1.25. The van der Waals surface area contributed by atoms with Gasteiger partial charge in [0.1, 0.15) is 15.9 Å². The minimum Gasteiger partial charge on any atom is -0.459 e. The Labute approximate surface area is 152 Å². The molecular formula is C17H15BrN2O3S. The first-order valence-electron chi connectivity index (χ1n) is 7.14. The molecule has 0 radical (unpaired) electrons. The molecule has 0 atom stereocenters. The Morgan fingerprint density at radius 2 is 1.92 bits per heavy atom. The van der Waals surface area contributed by atoms with Crippen LogP contribution in [-0.2, 0) is 4.74 Å². The molecule has 1 amide bonds. The molecule has 7 heteroatoms. The van der Waals surface area contributed by atoms with Gasteiger partial charge in [-0.25, -0.2) is 4.79 Å². The average Bonchev–Trinajstić information content (AvgIpc) is 2.83. The van der Waals surface area contributed by atoms with Gasteiger partial charge in [0.25, 0.3) is 5.91 Å². The van der Waals surface area contributed by atoms with Crippen LogP contribution in [0, 0.1) is 18.3 Å². The van der Waals surface area contributed by atoms with Gasteiger partial charge >= 0.3 is 5.97 Å². The molecule has 2 aromatic rings. The number of amides is 1. The molecule has 0 aliphatic heterocycles. The second kappa shape index (κ2) is 7.60. The topological polar surface area (TPSA) is 79.2 Å². The molecule has 0 spiro atoms. The van der Waals surface area contributed by atoms with Gasteiger partial charge in [0, 0.05) is 10.0 Å². The average molecular weight is 407 g/mol. The number of anilines is 1. The maximum absolute atomic E-state index is 12.3. The van der Waals surface area contributed by atoms with E-state index in [-0.39, 0.29) is 17.6 Å². The molecule has 0 aliphatic carbocycles. The van der Waals surface area contributed by atoms with E-state index in [4.69, 9.17) is 4.74 Å². The smallest absolute Gasteiger partial charge is 0.348 e. The van der Waals surface area contributed by atoms with Crippen LogP contribution < -0.4 is 5.32 Å². The van der Waals surface area contributed by atoms with Gasteiger partial charge in [-0.15, -0.1) is 11.3 Å². The van der Waals surface area contributed by atoms with Crippen molar-refractivity contribution in [3.8, 4) is 6.07 Å². The molecule has 124 valence electrons. The van der Waals surface area contributed by atoms with Gasteiger partial charge in [-0.3, -0.25) is 4.79 Å². The Bertz CT molecular complexity index is 820. The van der Waals surface area contributed by atoms with Gasteiger partial charge < -0.3 is 10.1 Å². The fraction of sp³-hybridized carbons (Fsp3) is 0.235. The third kappa shape index (κ3) is 4.02. The largest absolute Gasteiger partial charge is 0.459 e. The Kier molecular flexibility index (Phi) is 5.75. The highest BCUT2D eigenvalue weighted by Gasteiger charge is 2.23. The quantitative estimate of drug-likeness (QED) is 0.757. The molecule has 1 heterocycles. The standard InChI is InChI=1S/C17H15BrN2O3S/c1-9(2)23-17(22)14-10(3)13(8-19)16(24-14)20-15(21)11-4-6-12(18)7-5-11/h4-7,9H,1-3H3,(H,20,21).